The Morgan fingerprint density at radius 3 is 2.63 bits per heavy atom. The van der Waals surface area contributed by atoms with Crippen molar-refractivity contribution in [3.8, 4) is 11.5 Å². The number of nitrogens with zero attached hydrogens (tertiary/aromatic N) is 1. The number of ether oxygens (including phenoxy) is 2. The molecule has 0 aliphatic rings. The Labute approximate surface area is 181 Å². The third-order valence-corrected chi connectivity index (χ3v) is 5.05. The van der Waals surface area contributed by atoms with Gasteiger partial charge >= 0.3 is 0 Å². The van der Waals surface area contributed by atoms with Gasteiger partial charge in [-0.15, -0.1) is 0 Å². The van der Waals surface area contributed by atoms with Gasteiger partial charge < -0.3 is 19.8 Å². The Morgan fingerprint density at radius 1 is 1.03 bits per heavy atom. The van der Waals surface area contributed by atoms with Gasteiger partial charge in [0.05, 0.1) is 18.1 Å². The van der Waals surface area contributed by atoms with Crippen LogP contribution in [0.3, 0.4) is 0 Å². The highest BCUT2D eigenvalue weighted by Crippen LogP contribution is 2.35. The van der Waals surface area contributed by atoms with Crippen molar-refractivity contribution >= 4 is 22.6 Å². The van der Waals surface area contributed by atoms with Gasteiger partial charge in [0.15, 0.2) is 11.5 Å². The number of nitrogens with one attached hydrogen (secondary N) is 2. The van der Waals surface area contributed by atoms with Crippen molar-refractivity contribution in [3.05, 3.63) is 88.7 Å². The maximum atomic E-state index is 6.29. The summed E-state index contributed by atoms with van der Waals surface area (Å²) in [7, 11) is 1.62. The zero-order valence-corrected chi connectivity index (χ0v) is 17.6. The second-order valence-electron chi connectivity index (χ2n) is 7.00. The zero-order chi connectivity index (χ0) is 20.8. The number of halogens is 1. The van der Waals surface area contributed by atoms with Crippen molar-refractivity contribution in [1.29, 1.82) is 0 Å². The molecular formula is C24H24ClN3O2. The molecule has 0 spiro atoms. The lowest BCUT2D eigenvalue weighted by molar-refractivity contribution is 0.280. The van der Waals surface area contributed by atoms with Gasteiger partial charge in [-0.1, -0.05) is 54.1 Å². The highest BCUT2D eigenvalue weighted by Gasteiger charge is 2.13. The standard InChI is InChI=1S/C24H24ClN3O2/c1-29-22-14-19(25)13-18(24(22)30-16-17-7-3-2-4-8-17)15-26-12-11-23-27-20-9-5-6-10-21(20)28-23/h2-10,13-14,26H,11-12,15-16H2,1H3,(H,27,28). The quantitative estimate of drug-likeness (QED) is 0.367. The summed E-state index contributed by atoms with van der Waals surface area (Å²) in [5.74, 6) is 2.31. The molecule has 2 N–H and O–H groups in total. The first-order valence-corrected chi connectivity index (χ1v) is 10.3. The van der Waals surface area contributed by atoms with Crippen molar-refractivity contribution in [2.45, 2.75) is 19.6 Å². The van der Waals surface area contributed by atoms with E-state index in [0.717, 1.165) is 41.0 Å². The molecule has 6 heteroatoms. The molecule has 1 heterocycles. The molecular weight excluding hydrogens is 398 g/mol. The molecule has 30 heavy (non-hydrogen) atoms. The number of hydrogen-bond acceptors (Lipinski definition) is 4. The van der Waals surface area contributed by atoms with Gasteiger partial charge in [0.1, 0.15) is 12.4 Å². The lowest BCUT2D eigenvalue weighted by atomic mass is 10.1. The average Bonchev–Trinajstić information content (AvgIpc) is 3.19. The summed E-state index contributed by atoms with van der Waals surface area (Å²) in [6, 6.07) is 21.8. The Morgan fingerprint density at radius 2 is 1.83 bits per heavy atom. The summed E-state index contributed by atoms with van der Waals surface area (Å²) < 4.78 is 11.6. The highest BCUT2D eigenvalue weighted by molar-refractivity contribution is 6.30. The third-order valence-electron chi connectivity index (χ3n) is 4.83. The number of para-hydroxylation sites is 2. The number of rotatable bonds is 9. The molecule has 0 saturated heterocycles. The van der Waals surface area contributed by atoms with E-state index in [4.69, 9.17) is 21.1 Å². The first-order valence-electron chi connectivity index (χ1n) is 9.90. The first-order chi connectivity index (χ1) is 14.7. The maximum absolute atomic E-state index is 6.29. The van der Waals surface area contributed by atoms with Crippen LogP contribution < -0.4 is 14.8 Å². The summed E-state index contributed by atoms with van der Waals surface area (Å²) >= 11 is 6.29. The monoisotopic (exact) mass is 421 g/mol. The minimum Gasteiger partial charge on any atom is -0.493 e. The van der Waals surface area contributed by atoms with E-state index in [1.54, 1.807) is 13.2 Å². The highest BCUT2D eigenvalue weighted by atomic mass is 35.5. The SMILES string of the molecule is COc1cc(Cl)cc(CNCCc2nc3ccccc3[nH]2)c1OCc1ccccc1. The number of hydrogen-bond donors (Lipinski definition) is 2. The van der Waals surface area contributed by atoms with Crippen molar-refractivity contribution in [1.82, 2.24) is 15.3 Å². The van der Waals surface area contributed by atoms with E-state index in [1.165, 1.54) is 0 Å². The van der Waals surface area contributed by atoms with Crippen LogP contribution in [-0.2, 0) is 19.6 Å². The molecule has 4 aromatic rings. The lowest BCUT2D eigenvalue weighted by Crippen LogP contribution is -2.18. The molecule has 0 amide bonds. The van der Waals surface area contributed by atoms with Gasteiger partial charge in [0.2, 0.25) is 0 Å². The van der Waals surface area contributed by atoms with Gasteiger partial charge in [0, 0.05) is 36.2 Å². The third kappa shape index (κ3) is 4.93. The first kappa shape index (κ1) is 20.3. The number of benzene rings is 3. The number of aromatic nitrogens is 2. The van der Waals surface area contributed by atoms with E-state index < -0.39 is 0 Å². The minimum absolute atomic E-state index is 0.463. The van der Waals surface area contributed by atoms with Crippen LogP contribution >= 0.6 is 11.6 Å². The molecule has 0 unspecified atom stereocenters. The van der Waals surface area contributed by atoms with E-state index in [2.05, 4.69) is 15.3 Å². The van der Waals surface area contributed by atoms with Crippen molar-refractivity contribution in [3.63, 3.8) is 0 Å². The predicted octanol–water partition coefficient (Wildman–Crippen LogP) is 5.14. The second-order valence-corrected chi connectivity index (χ2v) is 7.43. The predicted molar refractivity (Wildman–Crippen MR) is 120 cm³/mol. The van der Waals surface area contributed by atoms with Crippen LogP contribution in [0.2, 0.25) is 5.02 Å². The van der Waals surface area contributed by atoms with Crippen LogP contribution in [0.4, 0.5) is 0 Å². The molecule has 1 aromatic heterocycles. The summed E-state index contributed by atoms with van der Waals surface area (Å²) in [6.07, 6.45) is 0.798. The molecule has 0 fully saturated rings. The minimum atomic E-state index is 0.463. The molecule has 154 valence electrons. The molecule has 0 radical (unpaired) electrons. The van der Waals surface area contributed by atoms with Crippen molar-refractivity contribution < 1.29 is 9.47 Å². The Balaban J connectivity index is 1.41. The summed E-state index contributed by atoms with van der Waals surface area (Å²) in [5, 5.41) is 4.08. The van der Waals surface area contributed by atoms with Gasteiger partial charge in [-0.25, -0.2) is 4.98 Å². The van der Waals surface area contributed by atoms with Crippen molar-refractivity contribution in [2.75, 3.05) is 13.7 Å². The van der Waals surface area contributed by atoms with Crippen LogP contribution in [0.15, 0.2) is 66.7 Å². The maximum Gasteiger partial charge on any atom is 0.166 e. The van der Waals surface area contributed by atoms with Crippen LogP contribution in [0.1, 0.15) is 17.0 Å². The van der Waals surface area contributed by atoms with E-state index in [-0.39, 0.29) is 0 Å². The van der Waals surface area contributed by atoms with Gasteiger partial charge in [0.25, 0.3) is 0 Å². The number of fused-ring (bicyclic) bond motifs is 1. The van der Waals surface area contributed by atoms with E-state index in [1.807, 2.05) is 60.7 Å². The van der Waals surface area contributed by atoms with Crippen LogP contribution in [0.25, 0.3) is 11.0 Å². The molecule has 0 aliphatic heterocycles. The fraction of sp³-hybridized carbons (Fsp3) is 0.208. The Bertz CT molecular complexity index is 1080. The Hall–Kier alpha value is -3.02. The largest absolute Gasteiger partial charge is 0.493 e. The normalized spacial score (nSPS) is 11.0. The number of imidazole rings is 1. The average molecular weight is 422 g/mol. The van der Waals surface area contributed by atoms with Gasteiger partial charge in [-0.05, 0) is 23.8 Å². The topological polar surface area (TPSA) is 59.2 Å². The fourth-order valence-corrected chi connectivity index (χ4v) is 3.58. The van der Waals surface area contributed by atoms with Crippen LogP contribution in [0.5, 0.6) is 11.5 Å². The second kappa shape index (κ2) is 9.65. The molecule has 0 saturated carbocycles. The number of H-pyrrole nitrogens is 1. The van der Waals surface area contributed by atoms with Crippen LogP contribution in [-0.4, -0.2) is 23.6 Å². The zero-order valence-electron chi connectivity index (χ0n) is 16.8. The smallest absolute Gasteiger partial charge is 0.166 e. The molecule has 3 aromatic carbocycles. The van der Waals surface area contributed by atoms with Gasteiger partial charge in [-0.2, -0.15) is 0 Å². The van der Waals surface area contributed by atoms with E-state index in [0.29, 0.717) is 29.7 Å². The number of aromatic amines is 1. The van der Waals surface area contributed by atoms with Gasteiger partial charge in [-0.3, -0.25) is 0 Å². The molecule has 0 aliphatic carbocycles. The molecule has 0 atom stereocenters. The van der Waals surface area contributed by atoms with E-state index >= 15 is 0 Å². The number of methoxy groups -OCH3 is 1. The summed E-state index contributed by atoms with van der Waals surface area (Å²) in [6.45, 7) is 1.85. The Kier molecular flexibility index (Phi) is 6.52. The summed E-state index contributed by atoms with van der Waals surface area (Å²) in [5.41, 5.74) is 4.10. The molecule has 5 nitrogen and oxygen atoms in total. The molecule has 0 bridgehead atoms. The van der Waals surface area contributed by atoms with E-state index in [9.17, 15) is 0 Å². The van der Waals surface area contributed by atoms with Crippen LogP contribution in [0, 0.1) is 0 Å². The fourth-order valence-electron chi connectivity index (χ4n) is 3.35. The summed E-state index contributed by atoms with van der Waals surface area (Å²) in [4.78, 5) is 7.97. The lowest BCUT2D eigenvalue weighted by Gasteiger charge is -2.16. The van der Waals surface area contributed by atoms with Crippen molar-refractivity contribution in [2.24, 2.45) is 0 Å². The molecule has 4 rings (SSSR count).